The highest BCUT2D eigenvalue weighted by Gasteiger charge is 2.38. The van der Waals surface area contributed by atoms with Crippen molar-refractivity contribution in [2.45, 2.75) is 19.3 Å². The Morgan fingerprint density at radius 1 is 0.968 bits per heavy atom. The zero-order chi connectivity index (χ0) is 22.0. The second-order valence-corrected chi connectivity index (χ2v) is 8.80. The highest BCUT2D eigenvalue weighted by atomic mass is 35.5. The number of hydrogen-bond donors (Lipinski definition) is 1. The van der Waals surface area contributed by atoms with Crippen LogP contribution in [0.1, 0.15) is 19.3 Å². The van der Waals surface area contributed by atoms with Crippen LogP contribution >= 0.6 is 23.2 Å². The molecule has 2 heterocycles. The largest absolute Gasteiger partial charge is 0.342 e. The maximum Gasteiger partial charge on any atom is 0.228 e. The summed E-state index contributed by atoms with van der Waals surface area (Å²) in [6, 6.07) is 14.3. The summed E-state index contributed by atoms with van der Waals surface area (Å²) in [6.07, 6.45) is 1.38. The van der Waals surface area contributed by atoms with Crippen molar-refractivity contribution >= 4 is 52.3 Å². The van der Waals surface area contributed by atoms with Crippen LogP contribution in [0, 0.1) is 11.8 Å². The molecule has 3 amide bonds. The lowest BCUT2D eigenvalue weighted by Gasteiger charge is -2.33. The summed E-state index contributed by atoms with van der Waals surface area (Å²) >= 11 is 12.0. The number of amides is 3. The van der Waals surface area contributed by atoms with E-state index in [9.17, 15) is 14.4 Å². The fourth-order valence-electron chi connectivity index (χ4n) is 4.18. The fourth-order valence-corrected chi connectivity index (χ4v) is 4.63. The van der Waals surface area contributed by atoms with Gasteiger partial charge in [-0.2, -0.15) is 0 Å². The number of nitrogens with one attached hydrogen (secondary N) is 1. The number of likely N-dealkylation sites (tertiary alicyclic amines) is 1. The number of piperidine rings is 1. The van der Waals surface area contributed by atoms with Gasteiger partial charge in [-0.1, -0.05) is 41.4 Å². The SMILES string of the molecule is O=C(Nc1ccc(Cl)cc1Cl)C1CCN(C(=O)C2CC(=O)N(c3ccccc3)C2)CC1. The van der Waals surface area contributed by atoms with Gasteiger partial charge in [0.25, 0.3) is 0 Å². The molecule has 2 fully saturated rings. The van der Waals surface area contributed by atoms with E-state index in [2.05, 4.69) is 5.32 Å². The van der Waals surface area contributed by atoms with E-state index in [0.717, 1.165) is 5.69 Å². The van der Waals surface area contributed by atoms with E-state index in [1.807, 2.05) is 30.3 Å². The van der Waals surface area contributed by atoms with Crippen LogP contribution in [-0.2, 0) is 14.4 Å². The van der Waals surface area contributed by atoms with E-state index < -0.39 is 0 Å². The summed E-state index contributed by atoms with van der Waals surface area (Å²) in [5.41, 5.74) is 1.35. The third-order valence-electron chi connectivity index (χ3n) is 5.91. The Bertz CT molecular complexity index is 991. The number of hydrogen-bond acceptors (Lipinski definition) is 3. The van der Waals surface area contributed by atoms with Crippen LogP contribution in [0.3, 0.4) is 0 Å². The molecular formula is C23H23Cl2N3O3. The first-order valence-corrected chi connectivity index (χ1v) is 11.1. The summed E-state index contributed by atoms with van der Waals surface area (Å²) < 4.78 is 0. The first kappa shape index (κ1) is 21.7. The van der Waals surface area contributed by atoms with Gasteiger partial charge < -0.3 is 15.1 Å². The van der Waals surface area contributed by atoms with Crippen LogP contribution in [0.5, 0.6) is 0 Å². The monoisotopic (exact) mass is 459 g/mol. The molecule has 4 rings (SSSR count). The molecule has 0 saturated carbocycles. The summed E-state index contributed by atoms with van der Waals surface area (Å²) in [4.78, 5) is 41.5. The number of para-hydroxylation sites is 1. The van der Waals surface area contributed by atoms with Crippen molar-refractivity contribution in [1.82, 2.24) is 4.90 Å². The van der Waals surface area contributed by atoms with Gasteiger partial charge in [0, 0.05) is 42.7 Å². The predicted molar refractivity (Wildman–Crippen MR) is 121 cm³/mol. The van der Waals surface area contributed by atoms with Gasteiger partial charge in [0.15, 0.2) is 0 Å². The first-order chi connectivity index (χ1) is 14.9. The molecule has 1 N–H and O–H groups in total. The van der Waals surface area contributed by atoms with Gasteiger partial charge in [0.05, 0.1) is 16.6 Å². The topological polar surface area (TPSA) is 69.7 Å². The minimum atomic E-state index is -0.342. The van der Waals surface area contributed by atoms with Crippen LogP contribution < -0.4 is 10.2 Å². The van der Waals surface area contributed by atoms with Gasteiger partial charge in [0.1, 0.15) is 0 Å². The van der Waals surface area contributed by atoms with Crippen molar-refractivity contribution in [1.29, 1.82) is 0 Å². The van der Waals surface area contributed by atoms with E-state index in [1.54, 1.807) is 28.0 Å². The van der Waals surface area contributed by atoms with Crippen LogP contribution in [0.25, 0.3) is 0 Å². The standard InChI is InChI=1S/C23H23Cl2N3O3/c24-17-6-7-20(19(25)13-17)26-22(30)15-8-10-27(11-9-15)23(31)16-12-21(29)28(14-16)18-4-2-1-3-5-18/h1-7,13,15-16H,8-12,14H2,(H,26,30). The average molecular weight is 460 g/mol. The Balaban J connectivity index is 1.31. The Morgan fingerprint density at radius 2 is 1.68 bits per heavy atom. The highest BCUT2D eigenvalue weighted by Crippen LogP contribution is 2.29. The fraction of sp³-hybridized carbons (Fsp3) is 0.348. The van der Waals surface area contributed by atoms with Gasteiger partial charge in [-0.15, -0.1) is 0 Å². The Kier molecular flexibility index (Phi) is 6.49. The Hall–Kier alpha value is -2.57. The number of anilines is 2. The molecule has 0 bridgehead atoms. The van der Waals surface area contributed by atoms with Crippen molar-refractivity contribution in [2.24, 2.45) is 11.8 Å². The summed E-state index contributed by atoms with van der Waals surface area (Å²) in [5.74, 6) is -0.680. The molecule has 1 unspecified atom stereocenters. The second kappa shape index (κ2) is 9.28. The van der Waals surface area contributed by atoms with E-state index >= 15 is 0 Å². The van der Waals surface area contributed by atoms with Gasteiger partial charge >= 0.3 is 0 Å². The molecule has 0 spiro atoms. The van der Waals surface area contributed by atoms with E-state index in [1.165, 1.54) is 0 Å². The molecule has 2 aromatic carbocycles. The van der Waals surface area contributed by atoms with Crippen molar-refractivity contribution in [3.05, 3.63) is 58.6 Å². The Morgan fingerprint density at radius 3 is 2.35 bits per heavy atom. The smallest absolute Gasteiger partial charge is 0.228 e. The first-order valence-electron chi connectivity index (χ1n) is 10.3. The zero-order valence-electron chi connectivity index (χ0n) is 16.9. The third-order valence-corrected chi connectivity index (χ3v) is 6.46. The molecule has 2 saturated heterocycles. The van der Waals surface area contributed by atoms with E-state index in [-0.39, 0.29) is 36.0 Å². The van der Waals surface area contributed by atoms with Gasteiger partial charge in [0.2, 0.25) is 17.7 Å². The molecule has 2 aliphatic rings. The van der Waals surface area contributed by atoms with Crippen molar-refractivity contribution in [2.75, 3.05) is 29.9 Å². The number of carbonyl (C=O) groups excluding carboxylic acids is 3. The van der Waals surface area contributed by atoms with Crippen molar-refractivity contribution in [3.8, 4) is 0 Å². The molecular weight excluding hydrogens is 437 g/mol. The summed E-state index contributed by atoms with van der Waals surface area (Å²) in [5, 5.41) is 3.75. The molecule has 162 valence electrons. The minimum Gasteiger partial charge on any atom is -0.342 e. The molecule has 0 aliphatic carbocycles. The molecule has 6 nitrogen and oxygen atoms in total. The average Bonchev–Trinajstić information content (AvgIpc) is 3.17. The maximum absolute atomic E-state index is 13.0. The number of carbonyl (C=O) groups is 3. The Labute approximate surface area is 191 Å². The van der Waals surface area contributed by atoms with Crippen LogP contribution in [-0.4, -0.2) is 42.3 Å². The minimum absolute atomic E-state index is 0.00798. The highest BCUT2D eigenvalue weighted by molar-refractivity contribution is 6.36. The quantitative estimate of drug-likeness (QED) is 0.743. The van der Waals surface area contributed by atoms with Crippen molar-refractivity contribution < 1.29 is 14.4 Å². The molecule has 0 radical (unpaired) electrons. The van der Waals surface area contributed by atoms with Crippen LogP contribution in [0.4, 0.5) is 11.4 Å². The molecule has 1 atom stereocenters. The van der Waals surface area contributed by atoms with E-state index in [4.69, 9.17) is 23.2 Å². The number of benzene rings is 2. The molecule has 31 heavy (non-hydrogen) atoms. The third kappa shape index (κ3) is 4.86. The van der Waals surface area contributed by atoms with Crippen LogP contribution in [0.15, 0.2) is 48.5 Å². The second-order valence-electron chi connectivity index (χ2n) is 7.95. The lowest BCUT2D eigenvalue weighted by atomic mass is 9.94. The zero-order valence-corrected chi connectivity index (χ0v) is 18.4. The lowest BCUT2D eigenvalue weighted by molar-refractivity contribution is -0.138. The van der Waals surface area contributed by atoms with Gasteiger partial charge in [-0.3, -0.25) is 14.4 Å². The molecule has 2 aromatic rings. The lowest BCUT2D eigenvalue weighted by Crippen LogP contribution is -2.44. The molecule has 2 aliphatic heterocycles. The number of halogens is 2. The molecule has 8 heteroatoms. The maximum atomic E-state index is 13.0. The summed E-state index contributed by atoms with van der Waals surface area (Å²) in [7, 11) is 0. The predicted octanol–water partition coefficient (Wildman–Crippen LogP) is 4.22. The van der Waals surface area contributed by atoms with Crippen molar-refractivity contribution in [3.63, 3.8) is 0 Å². The normalized spacial score (nSPS) is 19.5. The summed E-state index contributed by atoms with van der Waals surface area (Å²) in [6.45, 7) is 1.40. The number of rotatable bonds is 4. The van der Waals surface area contributed by atoms with E-state index in [0.29, 0.717) is 48.2 Å². The van der Waals surface area contributed by atoms with Gasteiger partial charge in [-0.05, 0) is 43.2 Å². The van der Waals surface area contributed by atoms with Crippen LogP contribution in [0.2, 0.25) is 10.0 Å². The number of nitrogens with zero attached hydrogens (tertiary/aromatic N) is 2. The van der Waals surface area contributed by atoms with Gasteiger partial charge in [-0.25, -0.2) is 0 Å². The molecule has 0 aromatic heterocycles.